The van der Waals surface area contributed by atoms with E-state index in [0.29, 0.717) is 5.69 Å². The Morgan fingerprint density at radius 1 is 1.10 bits per heavy atom. The van der Waals surface area contributed by atoms with E-state index >= 15 is 0 Å². The lowest BCUT2D eigenvalue weighted by Gasteiger charge is -2.15. The number of fused-ring (bicyclic) bond motifs is 1. The van der Waals surface area contributed by atoms with E-state index in [1.165, 1.54) is 66.6 Å². The molecule has 2 heterocycles. The molecule has 0 saturated heterocycles. The van der Waals surface area contributed by atoms with Crippen molar-refractivity contribution in [2.45, 2.75) is 13.0 Å². The Hall–Kier alpha value is -3.88. The molecule has 7 nitrogen and oxygen atoms in total. The summed E-state index contributed by atoms with van der Waals surface area (Å²) in [6.07, 6.45) is 2.57. The average Bonchev–Trinajstić information content (AvgIpc) is 3.15. The molecule has 29 heavy (non-hydrogen) atoms. The molecule has 4 rings (SSSR count). The maximum absolute atomic E-state index is 13.8. The lowest BCUT2D eigenvalue weighted by atomic mass is 10.2. The first kappa shape index (κ1) is 18.5. The minimum atomic E-state index is -0.937. The quantitative estimate of drug-likeness (QED) is 0.576. The van der Waals surface area contributed by atoms with Gasteiger partial charge in [-0.2, -0.15) is 5.10 Å². The molecular weight excluding hydrogens is 380 g/mol. The minimum Gasteiger partial charge on any atom is -0.322 e. The summed E-state index contributed by atoms with van der Waals surface area (Å²) in [5.41, 5.74) is 0.367. The number of aromatic nitrogens is 4. The van der Waals surface area contributed by atoms with Gasteiger partial charge in [0, 0.05) is 0 Å². The van der Waals surface area contributed by atoms with Gasteiger partial charge in [0.05, 0.1) is 17.6 Å². The first-order valence-electron chi connectivity index (χ1n) is 8.72. The van der Waals surface area contributed by atoms with Gasteiger partial charge in [-0.1, -0.05) is 12.1 Å². The van der Waals surface area contributed by atoms with Crippen LogP contribution in [-0.4, -0.2) is 25.2 Å². The second-order valence-electron chi connectivity index (χ2n) is 6.37. The van der Waals surface area contributed by atoms with Gasteiger partial charge in [0.2, 0.25) is 5.91 Å². The molecule has 1 N–H and O–H groups in total. The van der Waals surface area contributed by atoms with Gasteiger partial charge in [-0.15, -0.1) is 0 Å². The number of hydrogen-bond donors (Lipinski definition) is 1. The fourth-order valence-corrected chi connectivity index (χ4v) is 2.90. The molecule has 146 valence electrons. The van der Waals surface area contributed by atoms with Crippen LogP contribution in [0.3, 0.4) is 0 Å². The third-order valence-electron chi connectivity index (χ3n) is 4.51. The van der Waals surface area contributed by atoms with Crippen LogP contribution in [0.5, 0.6) is 0 Å². The van der Waals surface area contributed by atoms with Crippen molar-refractivity contribution in [3.05, 3.63) is 83.0 Å². The summed E-state index contributed by atoms with van der Waals surface area (Å²) in [5.74, 6) is -1.53. The van der Waals surface area contributed by atoms with Crippen LogP contribution in [0.1, 0.15) is 13.0 Å². The molecule has 4 aromatic rings. The van der Waals surface area contributed by atoms with E-state index in [1.807, 2.05) is 0 Å². The summed E-state index contributed by atoms with van der Waals surface area (Å²) in [6.45, 7) is 1.51. The molecule has 0 aliphatic heterocycles. The number of carbonyl (C=O) groups excluding carboxylic acids is 1. The second-order valence-corrected chi connectivity index (χ2v) is 6.37. The molecule has 2 aromatic carbocycles. The molecule has 9 heteroatoms. The Balaban J connectivity index is 1.67. The van der Waals surface area contributed by atoms with Gasteiger partial charge >= 0.3 is 0 Å². The van der Waals surface area contributed by atoms with Crippen LogP contribution in [-0.2, 0) is 4.79 Å². The molecule has 0 fully saturated rings. The van der Waals surface area contributed by atoms with E-state index in [4.69, 9.17) is 0 Å². The van der Waals surface area contributed by atoms with Crippen molar-refractivity contribution in [1.82, 2.24) is 19.3 Å². The topological polar surface area (TPSA) is 81.8 Å². The summed E-state index contributed by atoms with van der Waals surface area (Å²) < 4.78 is 29.5. The maximum Gasteiger partial charge on any atom is 0.265 e. The van der Waals surface area contributed by atoms with E-state index in [-0.39, 0.29) is 16.7 Å². The smallest absolute Gasteiger partial charge is 0.265 e. The number of anilines is 1. The number of nitrogens with zero attached hydrogens (tertiary/aromatic N) is 4. The van der Waals surface area contributed by atoms with Gasteiger partial charge < -0.3 is 5.32 Å². The van der Waals surface area contributed by atoms with E-state index in [1.54, 1.807) is 6.07 Å². The fraction of sp³-hybridized carbons (Fsp3) is 0.100. The van der Waals surface area contributed by atoms with Crippen molar-refractivity contribution >= 4 is 22.6 Å². The number of hydrogen-bond acceptors (Lipinski definition) is 4. The fourth-order valence-electron chi connectivity index (χ4n) is 2.90. The van der Waals surface area contributed by atoms with E-state index in [2.05, 4.69) is 15.4 Å². The number of amides is 1. The summed E-state index contributed by atoms with van der Waals surface area (Å²) >= 11 is 0. The van der Waals surface area contributed by atoms with Crippen molar-refractivity contribution in [3.63, 3.8) is 0 Å². The Kier molecular flexibility index (Phi) is 4.63. The Bertz CT molecular complexity index is 1260. The largest absolute Gasteiger partial charge is 0.322 e. The zero-order valence-corrected chi connectivity index (χ0v) is 15.2. The van der Waals surface area contributed by atoms with Gasteiger partial charge in [0.25, 0.3) is 5.56 Å². The number of rotatable bonds is 4. The lowest BCUT2D eigenvalue weighted by molar-refractivity contribution is -0.118. The third-order valence-corrected chi connectivity index (χ3v) is 4.51. The number of carbonyl (C=O) groups is 1. The summed E-state index contributed by atoms with van der Waals surface area (Å²) in [5, 5.41) is 6.81. The Labute approximate surface area is 163 Å². The molecule has 0 spiro atoms. The van der Waals surface area contributed by atoms with Crippen LogP contribution in [0.25, 0.3) is 16.7 Å². The van der Waals surface area contributed by atoms with Crippen LogP contribution >= 0.6 is 0 Å². The molecule has 0 unspecified atom stereocenters. The first-order valence-corrected chi connectivity index (χ1v) is 8.72. The van der Waals surface area contributed by atoms with Crippen LogP contribution in [0.15, 0.2) is 65.8 Å². The van der Waals surface area contributed by atoms with E-state index in [9.17, 15) is 18.4 Å². The SMILES string of the molecule is C[C@H](C(=O)Nc1ccccc1F)n1cnc2c(cnn2-c2ccc(F)cc2)c1=O. The highest BCUT2D eigenvalue weighted by Gasteiger charge is 2.20. The van der Waals surface area contributed by atoms with Crippen molar-refractivity contribution in [2.75, 3.05) is 5.32 Å². The molecule has 0 bridgehead atoms. The molecule has 2 aromatic heterocycles. The maximum atomic E-state index is 13.8. The molecular formula is C20H15F2N5O2. The van der Waals surface area contributed by atoms with Crippen molar-refractivity contribution < 1.29 is 13.6 Å². The first-order chi connectivity index (χ1) is 14.0. The van der Waals surface area contributed by atoms with Gasteiger partial charge in [0.1, 0.15) is 29.4 Å². The van der Waals surface area contributed by atoms with Crippen LogP contribution in [0, 0.1) is 11.6 Å². The highest BCUT2D eigenvalue weighted by Crippen LogP contribution is 2.17. The monoisotopic (exact) mass is 395 g/mol. The summed E-state index contributed by atoms with van der Waals surface area (Å²) in [6, 6.07) is 10.4. The van der Waals surface area contributed by atoms with Crippen LogP contribution in [0.2, 0.25) is 0 Å². The predicted molar refractivity (Wildman–Crippen MR) is 103 cm³/mol. The zero-order chi connectivity index (χ0) is 20.5. The molecule has 0 aliphatic rings. The van der Waals surface area contributed by atoms with Gasteiger partial charge in [0.15, 0.2) is 5.65 Å². The molecule has 1 atom stereocenters. The van der Waals surface area contributed by atoms with Crippen molar-refractivity contribution in [2.24, 2.45) is 0 Å². The molecule has 0 aliphatic carbocycles. The minimum absolute atomic E-state index is 0.0237. The molecule has 0 saturated carbocycles. The summed E-state index contributed by atoms with van der Waals surface area (Å²) in [4.78, 5) is 29.6. The number of para-hydroxylation sites is 1. The number of nitrogens with one attached hydrogen (secondary N) is 1. The summed E-state index contributed by atoms with van der Waals surface area (Å²) in [7, 11) is 0. The number of halogens is 2. The highest BCUT2D eigenvalue weighted by molar-refractivity contribution is 5.93. The lowest BCUT2D eigenvalue weighted by Crippen LogP contribution is -2.32. The second kappa shape index (κ2) is 7.27. The van der Waals surface area contributed by atoms with E-state index in [0.717, 1.165) is 4.57 Å². The van der Waals surface area contributed by atoms with Crippen molar-refractivity contribution in [3.8, 4) is 5.69 Å². The molecule has 1 amide bonds. The highest BCUT2D eigenvalue weighted by atomic mass is 19.1. The van der Waals surface area contributed by atoms with Crippen molar-refractivity contribution in [1.29, 1.82) is 0 Å². The van der Waals surface area contributed by atoms with Crippen LogP contribution in [0.4, 0.5) is 14.5 Å². The Morgan fingerprint density at radius 3 is 2.55 bits per heavy atom. The predicted octanol–water partition coefficient (Wildman–Crippen LogP) is 3.06. The van der Waals surface area contributed by atoms with E-state index < -0.39 is 29.1 Å². The number of benzene rings is 2. The Morgan fingerprint density at radius 2 is 1.83 bits per heavy atom. The van der Waals surface area contributed by atoms with Crippen LogP contribution < -0.4 is 10.9 Å². The van der Waals surface area contributed by atoms with Gasteiger partial charge in [-0.25, -0.2) is 18.4 Å². The molecule has 0 radical (unpaired) electrons. The standard InChI is InChI=1S/C20H15F2N5O2/c1-12(19(28)25-17-5-3-2-4-16(17)22)26-11-23-18-15(20(26)29)10-24-27(18)14-8-6-13(21)7-9-14/h2-12H,1H3,(H,25,28)/t12-/m1/s1. The zero-order valence-electron chi connectivity index (χ0n) is 15.2. The third kappa shape index (κ3) is 3.38. The average molecular weight is 395 g/mol. The normalized spacial score (nSPS) is 12.1. The van der Waals surface area contributed by atoms with Gasteiger partial charge in [-0.05, 0) is 43.3 Å². The van der Waals surface area contributed by atoms with Gasteiger partial charge in [-0.3, -0.25) is 14.2 Å².